The van der Waals surface area contributed by atoms with Gasteiger partial charge in [0, 0.05) is 5.02 Å². The largest absolute Gasteiger partial charge is 0.486 e. The van der Waals surface area contributed by atoms with Crippen molar-refractivity contribution in [1.29, 1.82) is 0 Å². The molecule has 0 saturated carbocycles. The Morgan fingerprint density at radius 3 is 2.47 bits per heavy atom. The lowest BCUT2D eigenvalue weighted by molar-refractivity contribution is -0.0113. The van der Waals surface area contributed by atoms with Crippen molar-refractivity contribution in [3.05, 3.63) is 59.1 Å². The van der Waals surface area contributed by atoms with Crippen LogP contribution in [0.5, 0.6) is 11.5 Å². The molecule has 2 aromatic carbocycles. The van der Waals surface area contributed by atoms with Crippen LogP contribution in [0.2, 0.25) is 5.02 Å². The average Bonchev–Trinajstić information content (AvgIpc) is 2.47. The van der Waals surface area contributed by atoms with Crippen LogP contribution in [0.1, 0.15) is 11.7 Å². The Balaban J connectivity index is 1.79. The van der Waals surface area contributed by atoms with Crippen LogP contribution in [0.3, 0.4) is 0 Å². The van der Waals surface area contributed by atoms with Crippen LogP contribution in [-0.4, -0.2) is 17.8 Å². The van der Waals surface area contributed by atoms with Crippen LogP contribution in [0.25, 0.3) is 0 Å². The summed E-state index contributed by atoms with van der Waals surface area (Å²) in [6.45, 7) is 0.320. The van der Waals surface area contributed by atoms with E-state index in [0.717, 1.165) is 5.56 Å². The van der Waals surface area contributed by atoms with Crippen molar-refractivity contribution < 1.29 is 14.6 Å². The van der Waals surface area contributed by atoms with E-state index in [-0.39, 0.29) is 0 Å². The molecule has 2 atom stereocenters. The second kappa shape index (κ2) is 5.11. The maximum atomic E-state index is 10.3. The van der Waals surface area contributed by atoms with Gasteiger partial charge in [0.1, 0.15) is 12.7 Å². The molecule has 19 heavy (non-hydrogen) atoms. The standard InChI is InChI=1S/C15H13ClO3/c16-11-7-5-10(6-8-11)15(17)14-9-18-12-3-1-2-4-13(12)19-14/h1-8,14-15,17H,9H2. The lowest BCUT2D eigenvalue weighted by atomic mass is 10.0. The molecule has 2 unspecified atom stereocenters. The second-order valence-corrected chi connectivity index (χ2v) is 4.85. The number of benzene rings is 2. The van der Waals surface area contributed by atoms with Crippen molar-refractivity contribution in [2.45, 2.75) is 12.2 Å². The average molecular weight is 277 g/mol. The highest BCUT2D eigenvalue weighted by atomic mass is 35.5. The minimum Gasteiger partial charge on any atom is -0.486 e. The molecule has 2 aromatic rings. The first kappa shape index (κ1) is 12.3. The van der Waals surface area contributed by atoms with Crippen molar-refractivity contribution in [3.63, 3.8) is 0 Å². The minimum absolute atomic E-state index is 0.320. The predicted octanol–water partition coefficient (Wildman–Crippen LogP) is 3.21. The van der Waals surface area contributed by atoms with Gasteiger partial charge < -0.3 is 14.6 Å². The normalized spacial score (nSPS) is 18.9. The second-order valence-electron chi connectivity index (χ2n) is 4.41. The van der Waals surface area contributed by atoms with E-state index in [9.17, 15) is 5.11 Å². The van der Waals surface area contributed by atoms with Crippen LogP contribution < -0.4 is 9.47 Å². The Kier molecular flexibility index (Phi) is 3.32. The van der Waals surface area contributed by atoms with Gasteiger partial charge in [-0.05, 0) is 29.8 Å². The molecule has 4 heteroatoms. The number of fused-ring (bicyclic) bond motifs is 1. The summed E-state index contributed by atoms with van der Waals surface area (Å²) in [5, 5.41) is 11.0. The molecule has 0 spiro atoms. The molecule has 0 saturated heterocycles. The summed E-state index contributed by atoms with van der Waals surface area (Å²) in [4.78, 5) is 0. The highest BCUT2D eigenvalue weighted by molar-refractivity contribution is 6.30. The highest BCUT2D eigenvalue weighted by Gasteiger charge is 2.28. The summed E-state index contributed by atoms with van der Waals surface area (Å²) in [5.74, 6) is 1.37. The fourth-order valence-electron chi connectivity index (χ4n) is 2.07. The van der Waals surface area contributed by atoms with Gasteiger partial charge in [-0.3, -0.25) is 0 Å². The van der Waals surface area contributed by atoms with Gasteiger partial charge in [0.2, 0.25) is 0 Å². The number of hydrogen-bond donors (Lipinski definition) is 1. The van der Waals surface area contributed by atoms with E-state index in [1.807, 2.05) is 24.3 Å². The van der Waals surface area contributed by atoms with E-state index < -0.39 is 12.2 Å². The van der Waals surface area contributed by atoms with Gasteiger partial charge in [-0.25, -0.2) is 0 Å². The Hall–Kier alpha value is -1.71. The van der Waals surface area contributed by atoms with Gasteiger partial charge in [-0.15, -0.1) is 0 Å². The molecule has 3 rings (SSSR count). The first-order valence-corrected chi connectivity index (χ1v) is 6.44. The van der Waals surface area contributed by atoms with Crippen LogP contribution >= 0.6 is 11.6 Å². The first-order chi connectivity index (χ1) is 9.24. The lowest BCUT2D eigenvalue weighted by Crippen LogP contribution is -2.34. The summed E-state index contributed by atoms with van der Waals surface area (Å²) >= 11 is 5.83. The number of halogens is 1. The monoisotopic (exact) mass is 276 g/mol. The smallest absolute Gasteiger partial charge is 0.163 e. The molecule has 98 valence electrons. The summed E-state index contributed by atoms with van der Waals surface area (Å²) < 4.78 is 11.4. The maximum Gasteiger partial charge on any atom is 0.163 e. The van der Waals surface area contributed by atoms with Crippen molar-refractivity contribution >= 4 is 11.6 Å². The molecule has 0 aromatic heterocycles. The number of rotatable bonds is 2. The van der Waals surface area contributed by atoms with E-state index in [1.165, 1.54) is 0 Å². The molecule has 0 bridgehead atoms. The van der Waals surface area contributed by atoms with Gasteiger partial charge in [0.15, 0.2) is 17.6 Å². The summed E-state index contributed by atoms with van der Waals surface area (Å²) in [6.07, 6.45) is -1.17. The SMILES string of the molecule is OC(c1ccc(Cl)cc1)C1COc2ccccc2O1. The zero-order valence-electron chi connectivity index (χ0n) is 10.1. The number of hydrogen-bond acceptors (Lipinski definition) is 3. The topological polar surface area (TPSA) is 38.7 Å². The quantitative estimate of drug-likeness (QED) is 0.915. The molecule has 1 aliphatic rings. The van der Waals surface area contributed by atoms with Crippen LogP contribution in [0.4, 0.5) is 0 Å². The van der Waals surface area contributed by atoms with Crippen LogP contribution in [0, 0.1) is 0 Å². The fourth-order valence-corrected chi connectivity index (χ4v) is 2.19. The van der Waals surface area contributed by atoms with Crippen molar-refractivity contribution in [1.82, 2.24) is 0 Å². The molecule has 1 N–H and O–H groups in total. The predicted molar refractivity (Wildman–Crippen MR) is 72.8 cm³/mol. The van der Waals surface area contributed by atoms with Gasteiger partial charge in [0.05, 0.1) is 0 Å². The molecular formula is C15H13ClO3. The van der Waals surface area contributed by atoms with Crippen LogP contribution in [0.15, 0.2) is 48.5 Å². The third kappa shape index (κ3) is 2.53. The molecule has 0 aliphatic carbocycles. The number of ether oxygens (including phenoxy) is 2. The lowest BCUT2D eigenvalue weighted by Gasteiger charge is -2.29. The molecular weight excluding hydrogens is 264 g/mol. The van der Waals surface area contributed by atoms with Gasteiger partial charge >= 0.3 is 0 Å². The van der Waals surface area contributed by atoms with Crippen molar-refractivity contribution in [2.24, 2.45) is 0 Å². The van der Waals surface area contributed by atoms with E-state index in [1.54, 1.807) is 24.3 Å². The fraction of sp³-hybridized carbons (Fsp3) is 0.200. The first-order valence-electron chi connectivity index (χ1n) is 6.06. The summed E-state index contributed by atoms with van der Waals surface area (Å²) in [7, 11) is 0. The number of para-hydroxylation sites is 2. The van der Waals surface area contributed by atoms with Gasteiger partial charge in [0.25, 0.3) is 0 Å². The summed E-state index contributed by atoms with van der Waals surface area (Å²) in [6, 6.07) is 14.5. The van der Waals surface area contributed by atoms with Gasteiger partial charge in [-0.1, -0.05) is 35.9 Å². The Morgan fingerprint density at radius 2 is 1.74 bits per heavy atom. The maximum absolute atomic E-state index is 10.3. The van der Waals surface area contributed by atoms with E-state index in [4.69, 9.17) is 21.1 Å². The third-order valence-electron chi connectivity index (χ3n) is 3.09. The molecule has 1 heterocycles. The zero-order valence-corrected chi connectivity index (χ0v) is 10.9. The molecule has 1 aliphatic heterocycles. The molecule has 0 amide bonds. The van der Waals surface area contributed by atoms with Gasteiger partial charge in [-0.2, -0.15) is 0 Å². The van der Waals surface area contributed by atoms with E-state index >= 15 is 0 Å². The minimum atomic E-state index is -0.745. The Morgan fingerprint density at radius 1 is 1.05 bits per heavy atom. The Bertz CT molecular complexity index is 568. The van der Waals surface area contributed by atoms with Crippen LogP contribution in [-0.2, 0) is 0 Å². The highest BCUT2D eigenvalue weighted by Crippen LogP contribution is 2.34. The zero-order chi connectivity index (χ0) is 13.2. The van der Waals surface area contributed by atoms with Crippen molar-refractivity contribution in [3.8, 4) is 11.5 Å². The van der Waals surface area contributed by atoms with Crippen molar-refractivity contribution in [2.75, 3.05) is 6.61 Å². The molecule has 0 fully saturated rings. The Labute approximate surface area is 116 Å². The third-order valence-corrected chi connectivity index (χ3v) is 3.35. The molecule has 0 radical (unpaired) electrons. The summed E-state index contributed by atoms with van der Waals surface area (Å²) in [5.41, 5.74) is 0.761. The van der Waals surface area contributed by atoms with E-state index in [0.29, 0.717) is 23.1 Å². The molecule has 3 nitrogen and oxygen atoms in total. The number of aliphatic hydroxyl groups excluding tert-OH is 1. The van der Waals surface area contributed by atoms with E-state index in [2.05, 4.69) is 0 Å². The number of aliphatic hydroxyl groups is 1.